The molecule has 2 aromatic carbocycles. The van der Waals surface area contributed by atoms with Crippen LogP contribution in [0.1, 0.15) is 0 Å². The van der Waals surface area contributed by atoms with Crippen LogP contribution in [0.15, 0.2) is 58.6 Å². The zero-order valence-corrected chi connectivity index (χ0v) is 12.0. The van der Waals surface area contributed by atoms with E-state index in [1.54, 1.807) is 21.6 Å². The summed E-state index contributed by atoms with van der Waals surface area (Å²) >= 11 is 0. The van der Waals surface area contributed by atoms with Crippen molar-refractivity contribution in [2.24, 2.45) is 0 Å². The number of fused-ring (bicyclic) bond motifs is 2. The fourth-order valence-electron chi connectivity index (χ4n) is 2.08. The normalized spacial score (nSPS) is 11.4. The number of aromatic amines is 2. The number of nitrogens with zero attached hydrogens (tertiary/aromatic N) is 2. The minimum Gasteiger partial charge on any atom is -0.277 e. The van der Waals surface area contributed by atoms with E-state index in [2.05, 4.69) is 32.5 Å². The summed E-state index contributed by atoms with van der Waals surface area (Å²) in [5, 5.41) is 19.0. The second kappa shape index (κ2) is 4.88. The summed E-state index contributed by atoms with van der Waals surface area (Å²) in [7, 11) is 3.24. The molecule has 0 aliphatic heterocycles. The van der Waals surface area contributed by atoms with E-state index in [0.717, 1.165) is 31.9 Å². The van der Waals surface area contributed by atoms with Crippen LogP contribution in [0, 0.1) is 0 Å². The van der Waals surface area contributed by atoms with E-state index < -0.39 is 0 Å². The molecule has 2 aromatic heterocycles. The first-order valence-corrected chi connectivity index (χ1v) is 8.27. The number of aromatic nitrogens is 4. The third-order valence-corrected chi connectivity index (χ3v) is 5.29. The van der Waals surface area contributed by atoms with E-state index in [0.29, 0.717) is 0 Å². The van der Waals surface area contributed by atoms with Crippen molar-refractivity contribution in [3.8, 4) is 0 Å². The molecule has 0 radical (unpaired) electrons. The first kappa shape index (κ1) is 11.9. The van der Waals surface area contributed by atoms with Gasteiger partial charge in [-0.15, -0.1) is 0 Å². The fraction of sp³-hybridized carbons (Fsp3) is 0. The van der Waals surface area contributed by atoms with E-state index in [9.17, 15) is 0 Å². The van der Waals surface area contributed by atoms with Crippen molar-refractivity contribution in [3.63, 3.8) is 0 Å². The third-order valence-electron chi connectivity index (χ3n) is 3.07. The van der Waals surface area contributed by atoms with Crippen LogP contribution in [-0.2, 0) is 0 Å². The van der Waals surface area contributed by atoms with E-state index in [4.69, 9.17) is 0 Å². The average molecular weight is 298 g/mol. The van der Waals surface area contributed by atoms with Crippen LogP contribution >= 0.6 is 21.6 Å². The molecule has 0 bridgehead atoms. The van der Waals surface area contributed by atoms with Gasteiger partial charge >= 0.3 is 0 Å². The summed E-state index contributed by atoms with van der Waals surface area (Å²) in [5.41, 5.74) is 2.12. The van der Waals surface area contributed by atoms with Crippen molar-refractivity contribution in [1.82, 2.24) is 20.4 Å². The van der Waals surface area contributed by atoms with Crippen molar-refractivity contribution >= 4 is 43.4 Å². The Morgan fingerprint density at radius 3 is 1.60 bits per heavy atom. The molecule has 20 heavy (non-hydrogen) atoms. The Morgan fingerprint density at radius 1 is 0.650 bits per heavy atom. The van der Waals surface area contributed by atoms with Crippen LogP contribution in [0.4, 0.5) is 0 Å². The molecular formula is C14H10N4S2. The Bertz CT molecular complexity index is 807. The molecule has 4 rings (SSSR count). The highest BCUT2D eigenvalue weighted by molar-refractivity contribution is 8.76. The van der Waals surface area contributed by atoms with Crippen LogP contribution in [0.3, 0.4) is 0 Å². The highest BCUT2D eigenvalue weighted by atomic mass is 33.1. The van der Waals surface area contributed by atoms with Crippen molar-refractivity contribution in [2.45, 2.75) is 10.1 Å². The molecule has 0 fully saturated rings. The number of nitrogens with one attached hydrogen (secondary N) is 2. The molecule has 0 atom stereocenters. The topological polar surface area (TPSA) is 57.4 Å². The van der Waals surface area contributed by atoms with Crippen molar-refractivity contribution in [3.05, 3.63) is 48.5 Å². The lowest BCUT2D eigenvalue weighted by molar-refractivity contribution is 1.02. The molecule has 2 heterocycles. The Balaban J connectivity index is 1.64. The quantitative estimate of drug-likeness (QED) is 0.555. The lowest BCUT2D eigenvalue weighted by Gasteiger charge is -1.95. The van der Waals surface area contributed by atoms with Gasteiger partial charge in [0.15, 0.2) is 0 Å². The van der Waals surface area contributed by atoms with Gasteiger partial charge < -0.3 is 0 Å². The Morgan fingerprint density at radius 2 is 1.10 bits per heavy atom. The summed E-state index contributed by atoms with van der Waals surface area (Å²) in [6, 6.07) is 16.3. The molecule has 0 unspecified atom stereocenters. The van der Waals surface area contributed by atoms with E-state index in [1.165, 1.54) is 0 Å². The monoisotopic (exact) mass is 298 g/mol. The molecule has 0 saturated heterocycles. The average Bonchev–Trinajstić information content (AvgIpc) is 3.09. The van der Waals surface area contributed by atoms with Crippen LogP contribution in [0.2, 0.25) is 0 Å². The number of hydrogen-bond donors (Lipinski definition) is 2. The minimum absolute atomic E-state index is 0.984. The van der Waals surface area contributed by atoms with Gasteiger partial charge in [0.05, 0.1) is 11.0 Å². The minimum atomic E-state index is 0.984. The van der Waals surface area contributed by atoms with Gasteiger partial charge in [0, 0.05) is 10.8 Å². The zero-order valence-electron chi connectivity index (χ0n) is 10.3. The number of rotatable bonds is 3. The molecule has 0 spiro atoms. The summed E-state index contributed by atoms with van der Waals surface area (Å²) in [6.45, 7) is 0. The largest absolute Gasteiger partial charge is 0.277 e. The van der Waals surface area contributed by atoms with Gasteiger partial charge in [-0.1, -0.05) is 36.4 Å². The summed E-state index contributed by atoms with van der Waals surface area (Å²) in [5.74, 6) is 0. The predicted molar refractivity (Wildman–Crippen MR) is 83.9 cm³/mol. The number of hydrogen-bond acceptors (Lipinski definition) is 4. The third kappa shape index (κ3) is 1.97. The highest BCUT2D eigenvalue weighted by Gasteiger charge is 2.10. The van der Waals surface area contributed by atoms with Crippen molar-refractivity contribution in [1.29, 1.82) is 0 Å². The standard InChI is InChI=1S/C14H10N4S2/c1-3-7-11-9(5-1)13(17-15-11)19-20-14-10-6-2-4-8-12(10)16-18-14/h1-8H,(H,15,17)(H,16,18). The molecule has 4 aromatic rings. The maximum Gasteiger partial charge on any atom is 0.137 e. The first-order valence-electron chi connectivity index (χ1n) is 6.12. The van der Waals surface area contributed by atoms with E-state index in [-0.39, 0.29) is 0 Å². The molecule has 0 saturated carbocycles. The van der Waals surface area contributed by atoms with E-state index >= 15 is 0 Å². The molecule has 98 valence electrons. The summed E-state index contributed by atoms with van der Waals surface area (Å²) < 4.78 is 0. The maximum atomic E-state index is 4.35. The van der Waals surface area contributed by atoms with Gasteiger partial charge in [-0.3, -0.25) is 10.2 Å². The first-order chi connectivity index (χ1) is 9.92. The molecule has 6 heteroatoms. The molecule has 4 nitrogen and oxygen atoms in total. The maximum absolute atomic E-state index is 4.35. The highest BCUT2D eigenvalue weighted by Crippen LogP contribution is 2.40. The SMILES string of the molecule is c1ccc2c(SSc3n[nH]c4ccccc34)n[nH]c2c1. The van der Waals surface area contributed by atoms with Gasteiger partial charge in [-0.05, 0) is 33.7 Å². The van der Waals surface area contributed by atoms with Gasteiger partial charge in [0.25, 0.3) is 0 Å². The predicted octanol–water partition coefficient (Wildman–Crippen LogP) is 4.24. The molecule has 0 aliphatic carbocycles. The number of para-hydroxylation sites is 2. The molecule has 2 N–H and O–H groups in total. The van der Waals surface area contributed by atoms with Crippen LogP contribution < -0.4 is 0 Å². The Hall–Kier alpha value is -1.92. The van der Waals surface area contributed by atoms with Crippen LogP contribution in [0.25, 0.3) is 21.8 Å². The molecular weight excluding hydrogens is 288 g/mol. The van der Waals surface area contributed by atoms with Gasteiger partial charge in [-0.2, -0.15) is 10.2 Å². The van der Waals surface area contributed by atoms with Gasteiger partial charge in [0.1, 0.15) is 10.1 Å². The number of benzene rings is 2. The Labute approximate surface area is 122 Å². The van der Waals surface area contributed by atoms with Crippen LogP contribution in [-0.4, -0.2) is 20.4 Å². The molecule has 0 aliphatic rings. The van der Waals surface area contributed by atoms with Gasteiger partial charge in [0.2, 0.25) is 0 Å². The summed E-state index contributed by atoms with van der Waals surface area (Å²) in [4.78, 5) is 0. The number of H-pyrrole nitrogens is 2. The second-order valence-electron chi connectivity index (χ2n) is 4.32. The van der Waals surface area contributed by atoms with E-state index in [1.807, 2.05) is 36.4 Å². The van der Waals surface area contributed by atoms with Crippen molar-refractivity contribution < 1.29 is 0 Å². The summed E-state index contributed by atoms with van der Waals surface area (Å²) in [6.07, 6.45) is 0. The van der Waals surface area contributed by atoms with Crippen LogP contribution in [0.5, 0.6) is 0 Å². The lowest BCUT2D eigenvalue weighted by atomic mass is 10.3. The smallest absolute Gasteiger partial charge is 0.137 e. The lowest BCUT2D eigenvalue weighted by Crippen LogP contribution is -1.71. The fourth-order valence-corrected chi connectivity index (χ4v) is 4.18. The Kier molecular flexibility index (Phi) is 2.90. The zero-order chi connectivity index (χ0) is 13.4. The molecule has 0 amide bonds. The van der Waals surface area contributed by atoms with Gasteiger partial charge in [-0.25, -0.2) is 0 Å². The van der Waals surface area contributed by atoms with Crippen molar-refractivity contribution in [2.75, 3.05) is 0 Å². The second-order valence-corrected chi connectivity index (χ2v) is 6.42.